The molecule has 2 radical (unpaired) electrons. The van der Waals surface area contributed by atoms with Crippen LogP contribution in [0.1, 0.15) is 26.7 Å². The van der Waals surface area contributed by atoms with Gasteiger partial charge in [-0.1, -0.05) is 31.6 Å². The Labute approximate surface area is 64.4 Å². The third-order valence-corrected chi connectivity index (χ3v) is 1.91. The Balaban J connectivity index is 2.69. The van der Waals surface area contributed by atoms with Crippen LogP contribution in [0.2, 0.25) is 0 Å². The highest BCUT2D eigenvalue weighted by molar-refractivity contribution is 6.23. The molecule has 0 heterocycles. The lowest BCUT2D eigenvalue weighted by Gasteiger charge is -2.14. The van der Waals surface area contributed by atoms with Gasteiger partial charge in [-0.15, -0.1) is 5.47 Å². The van der Waals surface area contributed by atoms with E-state index in [2.05, 4.69) is 26.0 Å². The lowest BCUT2D eigenvalue weighted by Crippen LogP contribution is -1.98. The Morgan fingerprint density at radius 3 is 2.60 bits per heavy atom. The molecule has 52 valence electrons. The second kappa shape index (κ2) is 3.09. The Kier molecular flexibility index (Phi) is 2.36. The summed E-state index contributed by atoms with van der Waals surface area (Å²) in [4.78, 5) is 0. The fourth-order valence-corrected chi connectivity index (χ4v) is 1.21. The minimum Gasteiger partial charge on any atom is -0.101 e. The molecule has 0 saturated heterocycles. The van der Waals surface area contributed by atoms with Crippen LogP contribution in [0.5, 0.6) is 0 Å². The summed E-state index contributed by atoms with van der Waals surface area (Å²) in [5.41, 5.74) is 2.43. The van der Waals surface area contributed by atoms with Gasteiger partial charge in [0.1, 0.15) is 7.85 Å². The van der Waals surface area contributed by atoms with Gasteiger partial charge in [0.05, 0.1) is 0 Å². The predicted molar refractivity (Wildman–Crippen MR) is 46.0 cm³/mol. The van der Waals surface area contributed by atoms with Crippen molar-refractivity contribution in [2.24, 2.45) is 5.92 Å². The van der Waals surface area contributed by atoms with Crippen LogP contribution in [-0.4, -0.2) is 7.85 Å². The van der Waals surface area contributed by atoms with E-state index in [4.69, 9.17) is 7.85 Å². The normalized spacial score (nSPS) is 18.7. The summed E-state index contributed by atoms with van der Waals surface area (Å²) in [6.07, 6.45) is 6.51. The van der Waals surface area contributed by atoms with E-state index in [-0.39, 0.29) is 0 Å². The summed E-state index contributed by atoms with van der Waals surface area (Å²) < 4.78 is 0. The lowest BCUT2D eigenvalue weighted by atomic mass is 9.84. The summed E-state index contributed by atoms with van der Waals surface area (Å²) in [5.74, 6) is 0.659. The van der Waals surface area contributed by atoms with Crippen molar-refractivity contribution in [3.05, 3.63) is 23.2 Å². The minimum absolute atomic E-state index is 0.659. The third kappa shape index (κ3) is 1.76. The van der Waals surface area contributed by atoms with Gasteiger partial charge in [-0.05, 0) is 18.8 Å². The van der Waals surface area contributed by atoms with E-state index < -0.39 is 0 Å². The van der Waals surface area contributed by atoms with E-state index in [9.17, 15) is 0 Å². The molecule has 0 aromatic rings. The van der Waals surface area contributed by atoms with Gasteiger partial charge in [0, 0.05) is 0 Å². The van der Waals surface area contributed by atoms with Crippen molar-refractivity contribution >= 4 is 7.85 Å². The Hall–Kier alpha value is -0.455. The first-order chi connectivity index (χ1) is 4.70. The molecule has 0 nitrogen and oxygen atoms in total. The quantitative estimate of drug-likeness (QED) is 0.480. The van der Waals surface area contributed by atoms with Gasteiger partial charge in [-0.2, -0.15) is 0 Å². The molecule has 1 rings (SSSR count). The molecule has 0 bridgehead atoms. The molecule has 0 saturated carbocycles. The topological polar surface area (TPSA) is 0 Å². The highest BCUT2D eigenvalue weighted by Crippen LogP contribution is 2.21. The average molecular weight is 132 g/mol. The Bertz CT molecular complexity index is 175. The second-order valence-corrected chi connectivity index (χ2v) is 3.12. The summed E-state index contributed by atoms with van der Waals surface area (Å²) in [5, 5.41) is 0. The molecule has 0 fully saturated rings. The summed E-state index contributed by atoms with van der Waals surface area (Å²) >= 11 is 0. The molecule has 0 aromatic heterocycles. The monoisotopic (exact) mass is 132 g/mol. The molecular weight excluding hydrogens is 119 g/mol. The Morgan fingerprint density at radius 1 is 1.50 bits per heavy atom. The van der Waals surface area contributed by atoms with Crippen molar-refractivity contribution in [2.75, 3.05) is 0 Å². The van der Waals surface area contributed by atoms with Crippen LogP contribution in [0.3, 0.4) is 0 Å². The van der Waals surface area contributed by atoms with Crippen LogP contribution < -0.4 is 0 Å². The average Bonchev–Trinajstić information content (AvgIpc) is 1.88. The van der Waals surface area contributed by atoms with E-state index in [1.165, 1.54) is 12.0 Å². The van der Waals surface area contributed by atoms with Crippen molar-refractivity contribution in [1.82, 2.24) is 0 Å². The molecule has 0 unspecified atom stereocenters. The fourth-order valence-electron chi connectivity index (χ4n) is 1.21. The van der Waals surface area contributed by atoms with Crippen LogP contribution in [0.15, 0.2) is 23.2 Å². The van der Waals surface area contributed by atoms with Crippen molar-refractivity contribution in [2.45, 2.75) is 26.7 Å². The minimum atomic E-state index is 0.659. The number of hydrogen-bond acceptors (Lipinski definition) is 0. The zero-order chi connectivity index (χ0) is 7.56. The van der Waals surface area contributed by atoms with Gasteiger partial charge < -0.3 is 0 Å². The predicted octanol–water partition coefficient (Wildman–Crippen LogP) is 2.42. The fraction of sp³-hybridized carbons (Fsp3) is 0.556. The molecule has 0 aromatic carbocycles. The number of allylic oxidation sites excluding steroid dienone is 4. The molecule has 0 atom stereocenters. The molecule has 10 heavy (non-hydrogen) atoms. The first-order valence-electron chi connectivity index (χ1n) is 3.86. The Morgan fingerprint density at radius 2 is 2.20 bits per heavy atom. The molecule has 0 spiro atoms. The van der Waals surface area contributed by atoms with E-state index in [0.29, 0.717) is 5.92 Å². The van der Waals surface area contributed by atoms with E-state index in [1.807, 2.05) is 0 Å². The third-order valence-electron chi connectivity index (χ3n) is 1.91. The maximum atomic E-state index is 5.65. The van der Waals surface area contributed by atoms with Gasteiger partial charge in [0.25, 0.3) is 0 Å². The van der Waals surface area contributed by atoms with Crippen LogP contribution in [0.25, 0.3) is 0 Å². The summed E-state index contributed by atoms with van der Waals surface area (Å²) in [7, 11) is 5.65. The number of hydrogen-bond donors (Lipinski definition) is 0. The van der Waals surface area contributed by atoms with Crippen LogP contribution in [0, 0.1) is 5.92 Å². The summed E-state index contributed by atoms with van der Waals surface area (Å²) in [6.45, 7) is 4.43. The molecule has 1 aliphatic rings. The van der Waals surface area contributed by atoms with Gasteiger partial charge in [-0.25, -0.2) is 0 Å². The molecule has 0 amide bonds. The zero-order valence-corrected chi connectivity index (χ0v) is 6.72. The van der Waals surface area contributed by atoms with Crippen molar-refractivity contribution in [1.29, 1.82) is 0 Å². The molecule has 0 aliphatic heterocycles. The van der Waals surface area contributed by atoms with Gasteiger partial charge in [0.15, 0.2) is 0 Å². The standard InChI is InChI=1S/C9H13B/c1-7(2)8-4-3-5-9(10)6-8/h5-7H,3-4H2,1-2H3. The van der Waals surface area contributed by atoms with Gasteiger partial charge in [-0.3, -0.25) is 0 Å². The van der Waals surface area contributed by atoms with Crippen LogP contribution >= 0.6 is 0 Å². The van der Waals surface area contributed by atoms with E-state index >= 15 is 0 Å². The maximum Gasteiger partial charge on any atom is 0.113 e. The molecule has 1 aliphatic carbocycles. The van der Waals surface area contributed by atoms with Crippen molar-refractivity contribution in [3.8, 4) is 0 Å². The van der Waals surface area contributed by atoms with E-state index in [1.54, 1.807) is 0 Å². The van der Waals surface area contributed by atoms with Crippen LogP contribution in [-0.2, 0) is 0 Å². The van der Waals surface area contributed by atoms with Crippen molar-refractivity contribution in [3.63, 3.8) is 0 Å². The van der Waals surface area contributed by atoms with Gasteiger partial charge in [0.2, 0.25) is 0 Å². The maximum absolute atomic E-state index is 5.65. The SMILES string of the molecule is [B]C1=CCCC(C(C)C)=C1. The highest BCUT2D eigenvalue weighted by Gasteiger charge is 2.05. The molecule has 0 N–H and O–H groups in total. The largest absolute Gasteiger partial charge is 0.113 e. The van der Waals surface area contributed by atoms with Crippen molar-refractivity contribution < 1.29 is 0 Å². The first-order valence-corrected chi connectivity index (χ1v) is 3.86. The molecule has 1 heteroatoms. The van der Waals surface area contributed by atoms with E-state index in [0.717, 1.165) is 11.9 Å². The van der Waals surface area contributed by atoms with Gasteiger partial charge >= 0.3 is 0 Å². The van der Waals surface area contributed by atoms with Crippen LogP contribution in [0.4, 0.5) is 0 Å². The summed E-state index contributed by atoms with van der Waals surface area (Å²) in [6, 6.07) is 0. The first kappa shape index (κ1) is 7.65. The molecular formula is C9H13B. The second-order valence-electron chi connectivity index (χ2n) is 3.12. The smallest absolute Gasteiger partial charge is 0.101 e. The lowest BCUT2D eigenvalue weighted by molar-refractivity contribution is 0.708. The zero-order valence-electron chi connectivity index (χ0n) is 6.72. The highest BCUT2D eigenvalue weighted by atomic mass is 14.1. The number of rotatable bonds is 1.